The molecule has 0 N–H and O–H groups in total. The molecule has 2 aliphatic rings. The predicted octanol–water partition coefficient (Wildman–Crippen LogP) is 26.2. The maximum Gasteiger partial charge on any atom is 0.161 e. The summed E-state index contributed by atoms with van der Waals surface area (Å²) in [5.41, 5.74) is 27.8. The molecule has 7 aromatic heterocycles. The molecule has 0 atom stereocenters. The van der Waals surface area contributed by atoms with Gasteiger partial charge >= 0.3 is 0 Å². The van der Waals surface area contributed by atoms with Gasteiger partial charge in [0.25, 0.3) is 0 Å². The van der Waals surface area contributed by atoms with Gasteiger partial charge in [0.2, 0.25) is 0 Å². The van der Waals surface area contributed by atoms with Gasteiger partial charge in [-0.3, -0.25) is 0 Å². The van der Waals surface area contributed by atoms with Gasteiger partial charge in [0.15, 0.2) is 8.07 Å². The van der Waals surface area contributed by atoms with Crippen molar-refractivity contribution in [3.05, 3.63) is 480 Å². The molecule has 7 nitrogen and oxygen atoms in total. The molecule has 707 valence electrons. The van der Waals surface area contributed by atoms with Gasteiger partial charge in [0.05, 0.1) is 32.3 Å². The average Bonchev–Trinajstić information content (AvgIpc) is 1.54. The summed E-state index contributed by atoms with van der Waals surface area (Å²) in [6.45, 7) is 29.6. The molecule has 0 fully saturated rings. The first-order chi connectivity index (χ1) is 67.6. The van der Waals surface area contributed by atoms with Crippen molar-refractivity contribution in [3.63, 3.8) is 0 Å². The van der Waals surface area contributed by atoms with Crippen LogP contribution in [0.15, 0.2) is 444 Å². The molecule has 9 heterocycles. The van der Waals surface area contributed by atoms with Crippen LogP contribution in [-0.4, -0.2) is 74.8 Å². The minimum absolute atomic E-state index is 0. The number of para-hydroxylation sites is 1. The number of pyridine rings is 6. The normalized spacial score (nSPS) is 12.1. The van der Waals surface area contributed by atoms with Crippen LogP contribution >= 0.6 is 0 Å². The van der Waals surface area contributed by atoms with Gasteiger partial charge in [0, 0.05) is 110 Å². The van der Waals surface area contributed by atoms with Crippen LogP contribution in [0.25, 0.3) is 145 Å². The number of hydrogen-bond acceptors (Lipinski definition) is 6. The first-order valence-corrected chi connectivity index (χ1v) is 63.3. The zero-order valence-electron chi connectivity index (χ0n) is 82.0. The van der Waals surface area contributed by atoms with Crippen LogP contribution in [0.5, 0.6) is 0 Å². The SMILES string of the molecule is CCn1c2ccccc2c2c[c-]c(-c3cc(-c4ccccc4)c([Si](C)(C)C)cn3)cc21.C[Si](C)(C)c1cnc(-c2[c-]cc3c(c2)[Si](C)(C)c2ccccc2-3)cc1-c1ccccc1.C[Si](C)(C)c1cnc(-c2[c-]cc3c(c2)[Si](c2ccccc2)(c2ccccc2)c2ccccc2-3)cc1-c1ccccc1.[Ir].[Ir].[Ir].[c-]1ccccc1-c1ccccn1.[c-]1ccccc1-c1ccccn1.[c-]1ccccc1-c1ccccn1. The van der Waals surface area contributed by atoms with E-state index in [1.54, 1.807) is 18.6 Å². The summed E-state index contributed by atoms with van der Waals surface area (Å²) < 4.78 is 2.39. The standard InChI is InChI=1S/C38H32NSi2.C28H27N2Si.C28H28NSi2.3C11H8N.3Ir/c1-40(2,3)38-27-39-35(26-34(38)28-15-7-4-8-16-28)29-23-24-33-32-21-13-14-22-36(32)41(37(33)25-29,30-17-9-5-10-18-30)31-19-11-6-12-20-31;1-5-30-26-14-10-9-13-22(26)23-16-15-21(17-27(23)30)25-18-24(20-11-7-6-8-12-20)28(19-29-25)31(2,3)4;1-30(2,3)28-19-29-25(18-24(28)20-11-7-6-8-12-20)21-15-16-23-22-13-9-10-14-26(22)31(4,5)27(23)17-21;3*1-2-6-10(7-3-1)11-8-4-5-9-12-11;;;/h4-22,24-27H,1-3H3;6-14,16-19H,5H2,1-4H3;6-14,16-19H,1-5H3;3*1-6,8-9H;;;/q6*-1;;;. The maximum absolute atomic E-state index is 5.09. The summed E-state index contributed by atoms with van der Waals surface area (Å²) >= 11 is 0. The van der Waals surface area contributed by atoms with E-state index in [4.69, 9.17) is 15.0 Å². The van der Waals surface area contributed by atoms with Crippen molar-refractivity contribution in [2.24, 2.45) is 0 Å². The molecule has 0 bridgehead atoms. The molecule has 23 rings (SSSR count). The Bertz CT molecular complexity index is 7450. The molecule has 14 aromatic carbocycles. The quantitative estimate of drug-likeness (QED) is 0.0751. The number of hydrogen-bond donors (Lipinski definition) is 0. The summed E-state index contributed by atoms with van der Waals surface area (Å²) in [5.74, 6) is 0. The smallest absolute Gasteiger partial charge is 0.161 e. The van der Waals surface area contributed by atoms with E-state index in [0.717, 1.165) is 74.1 Å². The molecule has 0 unspecified atom stereocenters. The Morgan fingerprint density at radius 1 is 0.254 bits per heavy atom. The molecule has 0 spiro atoms. The molecule has 15 heteroatoms. The van der Waals surface area contributed by atoms with E-state index in [1.165, 1.54) is 124 Å². The third-order valence-electron chi connectivity index (χ3n) is 26.1. The van der Waals surface area contributed by atoms with Crippen molar-refractivity contribution in [2.45, 2.75) is 85.5 Å². The Kier molecular flexibility index (Phi) is 33.6. The van der Waals surface area contributed by atoms with E-state index in [-0.39, 0.29) is 60.3 Å². The zero-order chi connectivity index (χ0) is 96.1. The minimum atomic E-state index is -2.55. The molecule has 142 heavy (non-hydrogen) atoms. The van der Waals surface area contributed by atoms with Crippen LogP contribution in [0.4, 0.5) is 0 Å². The number of benzene rings is 14. The van der Waals surface area contributed by atoms with Crippen LogP contribution in [0, 0.1) is 36.4 Å². The Morgan fingerprint density at radius 3 is 0.965 bits per heavy atom. The fourth-order valence-electron chi connectivity index (χ4n) is 19.2. The maximum atomic E-state index is 5.09. The van der Waals surface area contributed by atoms with Crippen molar-refractivity contribution >= 4 is 109 Å². The van der Waals surface area contributed by atoms with E-state index in [9.17, 15) is 0 Å². The van der Waals surface area contributed by atoms with E-state index in [0.29, 0.717) is 0 Å². The van der Waals surface area contributed by atoms with Crippen molar-refractivity contribution in [1.29, 1.82) is 0 Å². The molecule has 0 aliphatic carbocycles. The summed E-state index contributed by atoms with van der Waals surface area (Å²) in [7, 11) is -8.95. The van der Waals surface area contributed by atoms with Gasteiger partial charge < -0.3 is 34.5 Å². The van der Waals surface area contributed by atoms with E-state index in [1.807, 2.05) is 127 Å². The molecule has 0 saturated heterocycles. The molecule has 21 aromatic rings. The second kappa shape index (κ2) is 46.2. The molecular formula is C127H111Ir3N7Si5-6. The van der Waals surface area contributed by atoms with Gasteiger partial charge in [-0.15, -0.1) is 189 Å². The number of aryl methyl sites for hydroxylation is 1. The van der Waals surface area contributed by atoms with Crippen molar-refractivity contribution in [2.75, 3.05) is 0 Å². The van der Waals surface area contributed by atoms with Gasteiger partial charge in [-0.1, -0.05) is 378 Å². The molecule has 0 amide bonds. The van der Waals surface area contributed by atoms with Crippen molar-refractivity contribution < 1.29 is 60.3 Å². The first-order valence-electron chi connectivity index (χ1n) is 47.8. The number of rotatable bonds is 15. The van der Waals surface area contributed by atoms with E-state index < -0.39 is 40.4 Å². The summed E-state index contributed by atoms with van der Waals surface area (Å²) in [6.07, 6.45) is 11.7. The fraction of sp³-hybridized carbons (Fsp3) is 0.102. The largest absolute Gasteiger partial charge is 0.359 e. The van der Waals surface area contributed by atoms with Crippen LogP contribution in [0.3, 0.4) is 0 Å². The van der Waals surface area contributed by atoms with E-state index >= 15 is 0 Å². The number of aromatic nitrogens is 7. The molecular weight excluding hydrogens is 2340 g/mol. The third kappa shape index (κ3) is 22.6. The second-order valence-corrected chi connectivity index (χ2v) is 61.8. The predicted molar refractivity (Wildman–Crippen MR) is 600 cm³/mol. The monoisotopic (exact) mass is 2450 g/mol. The van der Waals surface area contributed by atoms with Crippen LogP contribution in [0.1, 0.15) is 6.92 Å². The van der Waals surface area contributed by atoms with Crippen LogP contribution < -0.4 is 46.7 Å². The Morgan fingerprint density at radius 2 is 0.585 bits per heavy atom. The summed E-state index contributed by atoms with van der Waals surface area (Å²) in [6, 6.07) is 163. The minimum Gasteiger partial charge on any atom is -0.359 e. The van der Waals surface area contributed by atoms with Gasteiger partial charge in [0.1, 0.15) is 0 Å². The van der Waals surface area contributed by atoms with Crippen LogP contribution in [-0.2, 0) is 66.9 Å². The average molecular weight is 2450 g/mol. The molecule has 0 saturated carbocycles. The van der Waals surface area contributed by atoms with Crippen molar-refractivity contribution in [1.82, 2.24) is 34.5 Å². The fourth-order valence-corrected chi connectivity index (χ4v) is 31.9. The van der Waals surface area contributed by atoms with Crippen LogP contribution in [0.2, 0.25) is 72.0 Å². The van der Waals surface area contributed by atoms with Gasteiger partial charge in [-0.2, -0.15) is 0 Å². The van der Waals surface area contributed by atoms with Crippen molar-refractivity contribution in [3.8, 4) is 123 Å². The Hall–Kier alpha value is -13.2. The summed E-state index contributed by atoms with van der Waals surface area (Å²) in [4.78, 5) is 27.6. The topological polar surface area (TPSA) is 82.3 Å². The summed E-state index contributed by atoms with van der Waals surface area (Å²) in [5, 5.41) is 15.4. The first kappa shape index (κ1) is 103. The van der Waals surface area contributed by atoms with Gasteiger partial charge in [-0.25, -0.2) is 0 Å². The zero-order valence-corrected chi connectivity index (χ0v) is 94.2. The molecule has 3 radical (unpaired) electrons. The van der Waals surface area contributed by atoms with Gasteiger partial charge in [-0.05, 0) is 141 Å². The number of fused-ring (bicyclic) bond motifs is 9. The number of nitrogens with zero attached hydrogens (tertiary/aromatic N) is 7. The molecule has 2 aliphatic heterocycles. The second-order valence-electron chi connectivity index (χ2n) is 38.6. The Labute approximate surface area is 884 Å². The Balaban J connectivity index is 0.000000136. The van der Waals surface area contributed by atoms with E-state index in [2.05, 4.69) is 433 Å². The third-order valence-corrected chi connectivity index (χ3v) is 40.5.